The first kappa shape index (κ1) is 16.7. The number of hydrogen-bond donors (Lipinski definition) is 3. The van der Waals surface area contributed by atoms with Crippen LogP contribution in [0.5, 0.6) is 0 Å². The maximum absolute atomic E-state index is 12.2. The van der Waals surface area contributed by atoms with E-state index in [1.165, 1.54) is 48.5 Å². The van der Waals surface area contributed by atoms with Crippen LogP contribution in [0.25, 0.3) is 0 Å². The molecular formula is C16H12N2O6. The molecule has 2 amide bonds. The number of nitrogens with two attached hydrogens (primary N) is 1. The molecule has 0 bridgehead atoms. The maximum atomic E-state index is 12.2. The highest BCUT2D eigenvalue weighted by Crippen LogP contribution is 2.31. The SMILES string of the molecule is NC(=O)c1ccccc1N(C(=O)C(=O)O)c1ccccc1C(=O)O. The summed E-state index contributed by atoms with van der Waals surface area (Å²) in [6.45, 7) is 0. The third-order valence-corrected chi connectivity index (χ3v) is 3.17. The van der Waals surface area contributed by atoms with Gasteiger partial charge in [-0.2, -0.15) is 0 Å². The third-order valence-electron chi connectivity index (χ3n) is 3.17. The van der Waals surface area contributed by atoms with Gasteiger partial charge in [0.2, 0.25) is 0 Å². The number of anilines is 2. The van der Waals surface area contributed by atoms with Crippen LogP contribution in [0.1, 0.15) is 20.7 Å². The van der Waals surface area contributed by atoms with E-state index in [0.29, 0.717) is 4.90 Å². The van der Waals surface area contributed by atoms with E-state index in [-0.39, 0.29) is 22.5 Å². The van der Waals surface area contributed by atoms with E-state index in [2.05, 4.69) is 0 Å². The van der Waals surface area contributed by atoms with Crippen molar-refractivity contribution in [3.05, 3.63) is 59.7 Å². The number of carbonyl (C=O) groups is 4. The summed E-state index contributed by atoms with van der Waals surface area (Å²) < 4.78 is 0. The zero-order valence-corrected chi connectivity index (χ0v) is 12.2. The highest BCUT2D eigenvalue weighted by Gasteiger charge is 2.30. The molecule has 24 heavy (non-hydrogen) atoms. The van der Waals surface area contributed by atoms with Gasteiger partial charge < -0.3 is 15.9 Å². The molecule has 8 nitrogen and oxygen atoms in total. The molecule has 0 aliphatic heterocycles. The summed E-state index contributed by atoms with van der Waals surface area (Å²) in [5.41, 5.74) is 4.54. The van der Waals surface area contributed by atoms with Crippen LogP contribution in [0.3, 0.4) is 0 Å². The Bertz CT molecular complexity index is 788. The molecule has 0 heterocycles. The monoisotopic (exact) mass is 328 g/mol. The summed E-state index contributed by atoms with van der Waals surface area (Å²) in [5, 5.41) is 18.4. The van der Waals surface area contributed by atoms with Crippen LogP contribution in [0.2, 0.25) is 0 Å². The van der Waals surface area contributed by atoms with Crippen molar-refractivity contribution in [3.63, 3.8) is 0 Å². The molecule has 0 radical (unpaired) electrons. The number of amides is 2. The number of primary amides is 1. The first-order valence-corrected chi connectivity index (χ1v) is 6.63. The molecular weight excluding hydrogens is 316 g/mol. The minimum Gasteiger partial charge on any atom is -0.478 e. The second-order valence-electron chi connectivity index (χ2n) is 4.65. The number of hydrogen-bond acceptors (Lipinski definition) is 4. The van der Waals surface area contributed by atoms with Crippen LogP contribution < -0.4 is 10.6 Å². The normalized spacial score (nSPS) is 10.0. The number of benzene rings is 2. The molecule has 8 heteroatoms. The van der Waals surface area contributed by atoms with Crippen molar-refractivity contribution in [2.24, 2.45) is 5.73 Å². The van der Waals surface area contributed by atoms with Crippen LogP contribution in [0.4, 0.5) is 11.4 Å². The largest absolute Gasteiger partial charge is 0.478 e. The standard InChI is InChI=1S/C16H12N2O6/c17-13(19)9-5-1-3-7-11(9)18(14(20)16(23)24)12-8-4-2-6-10(12)15(21)22/h1-8H,(H2,17,19)(H,21,22)(H,23,24). The molecule has 2 aromatic rings. The van der Waals surface area contributed by atoms with Crippen LogP contribution in [-0.2, 0) is 9.59 Å². The highest BCUT2D eigenvalue weighted by molar-refractivity contribution is 6.40. The lowest BCUT2D eigenvalue weighted by molar-refractivity contribution is -0.148. The molecule has 0 aliphatic rings. The van der Waals surface area contributed by atoms with E-state index in [0.717, 1.165) is 0 Å². The van der Waals surface area contributed by atoms with E-state index in [9.17, 15) is 24.3 Å². The zero-order chi connectivity index (χ0) is 17.9. The summed E-state index contributed by atoms with van der Waals surface area (Å²) in [5.74, 6) is -5.47. The van der Waals surface area contributed by atoms with Crippen molar-refractivity contribution >= 4 is 35.1 Å². The lowest BCUT2D eigenvalue weighted by atomic mass is 10.1. The summed E-state index contributed by atoms with van der Waals surface area (Å²) in [6, 6.07) is 10.9. The fourth-order valence-corrected chi connectivity index (χ4v) is 2.17. The summed E-state index contributed by atoms with van der Waals surface area (Å²) in [6.07, 6.45) is 0. The van der Waals surface area contributed by atoms with Gasteiger partial charge in [0, 0.05) is 0 Å². The second kappa shape index (κ2) is 6.61. The van der Waals surface area contributed by atoms with Gasteiger partial charge in [0.15, 0.2) is 0 Å². The quantitative estimate of drug-likeness (QED) is 0.722. The van der Waals surface area contributed by atoms with Gasteiger partial charge in [-0.3, -0.25) is 14.5 Å². The van der Waals surface area contributed by atoms with Gasteiger partial charge in [0.25, 0.3) is 5.91 Å². The van der Waals surface area contributed by atoms with Gasteiger partial charge in [-0.25, -0.2) is 9.59 Å². The van der Waals surface area contributed by atoms with Crippen molar-refractivity contribution < 1.29 is 29.4 Å². The van der Waals surface area contributed by atoms with Crippen LogP contribution in [0.15, 0.2) is 48.5 Å². The fourth-order valence-electron chi connectivity index (χ4n) is 2.17. The van der Waals surface area contributed by atoms with Gasteiger partial charge in [-0.05, 0) is 24.3 Å². The molecule has 0 unspecified atom stereocenters. The van der Waals surface area contributed by atoms with Gasteiger partial charge in [-0.15, -0.1) is 0 Å². The lowest BCUT2D eigenvalue weighted by Gasteiger charge is -2.24. The number of carboxylic acids is 2. The Balaban J connectivity index is 2.78. The summed E-state index contributed by atoms with van der Waals surface area (Å²) in [4.78, 5) is 47.0. The van der Waals surface area contributed by atoms with Gasteiger partial charge in [0.1, 0.15) is 0 Å². The van der Waals surface area contributed by atoms with Crippen molar-refractivity contribution in [1.82, 2.24) is 0 Å². The third kappa shape index (κ3) is 3.07. The number of aliphatic carboxylic acids is 1. The predicted octanol–water partition coefficient (Wildman–Crippen LogP) is 1.23. The Morgan fingerprint density at radius 2 is 1.25 bits per heavy atom. The number of nitrogens with zero attached hydrogens (tertiary/aromatic N) is 1. The Morgan fingerprint density at radius 1 is 0.792 bits per heavy atom. The van der Waals surface area contributed by atoms with Crippen molar-refractivity contribution in [1.29, 1.82) is 0 Å². The molecule has 122 valence electrons. The average Bonchev–Trinajstić information content (AvgIpc) is 2.55. The molecule has 0 fully saturated rings. The van der Waals surface area contributed by atoms with Crippen LogP contribution >= 0.6 is 0 Å². The van der Waals surface area contributed by atoms with E-state index < -0.39 is 23.8 Å². The zero-order valence-electron chi connectivity index (χ0n) is 12.2. The van der Waals surface area contributed by atoms with Crippen molar-refractivity contribution in [2.45, 2.75) is 0 Å². The summed E-state index contributed by atoms with van der Waals surface area (Å²) in [7, 11) is 0. The van der Waals surface area contributed by atoms with E-state index in [1.807, 2.05) is 0 Å². The number of carboxylic acid groups (broad SMARTS) is 2. The molecule has 0 atom stereocenters. The predicted molar refractivity (Wildman–Crippen MR) is 83.1 cm³/mol. The summed E-state index contributed by atoms with van der Waals surface area (Å²) >= 11 is 0. The highest BCUT2D eigenvalue weighted by atomic mass is 16.4. The number of carbonyl (C=O) groups excluding carboxylic acids is 2. The lowest BCUT2D eigenvalue weighted by Crippen LogP contribution is -2.35. The van der Waals surface area contributed by atoms with E-state index in [4.69, 9.17) is 10.8 Å². The van der Waals surface area contributed by atoms with Gasteiger partial charge in [0.05, 0.1) is 22.5 Å². The van der Waals surface area contributed by atoms with E-state index in [1.54, 1.807) is 0 Å². The van der Waals surface area contributed by atoms with Gasteiger partial charge in [-0.1, -0.05) is 24.3 Å². The van der Waals surface area contributed by atoms with Gasteiger partial charge >= 0.3 is 17.8 Å². The molecule has 4 N–H and O–H groups in total. The Hall–Kier alpha value is -3.68. The molecule has 0 aromatic heterocycles. The van der Waals surface area contributed by atoms with Crippen molar-refractivity contribution in [2.75, 3.05) is 4.90 Å². The van der Waals surface area contributed by atoms with E-state index >= 15 is 0 Å². The number of rotatable bonds is 4. The number of aromatic carboxylic acids is 1. The first-order valence-electron chi connectivity index (χ1n) is 6.63. The molecule has 2 aromatic carbocycles. The molecule has 2 rings (SSSR count). The minimum absolute atomic E-state index is 0.118. The van der Waals surface area contributed by atoms with Crippen LogP contribution in [-0.4, -0.2) is 34.0 Å². The molecule has 0 saturated heterocycles. The minimum atomic E-state index is -1.81. The maximum Gasteiger partial charge on any atom is 0.395 e. The molecule has 0 saturated carbocycles. The Kier molecular flexibility index (Phi) is 4.60. The molecule has 0 aliphatic carbocycles. The van der Waals surface area contributed by atoms with Crippen molar-refractivity contribution in [3.8, 4) is 0 Å². The average molecular weight is 328 g/mol. The Morgan fingerprint density at radius 3 is 1.71 bits per heavy atom. The van der Waals surface area contributed by atoms with Crippen LogP contribution in [0, 0.1) is 0 Å². The molecule has 0 spiro atoms. The smallest absolute Gasteiger partial charge is 0.395 e. The first-order chi connectivity index (χ1) is 11.3. The Labute approximate surface area is 135 Å². The number of para-hydroxylation sites is 2. The fraction of sp³-hybridized carbons (Fsp3) is 0. The second-order valence-corrected chi connectivity index (χ2v) is 4.65. The topological polar surface area (TPSA) is 138 Å².